The minimum absolute atomic E-state index is 0.224. The fraction of sp³-hybridized carbons (Fsp3) is 0.182. The van der Waals surface area contributed by atoms with E-state index in [1.165, 1.54) is 30.7 Å². The first-order valence-corrected chi connectivity index (χ1v) is 5.35. The Labute approximate surface area is 102 Å². The lowest BCUT2D eigenvalue weighted by molar-refractivity contribution is 0.265. The van der Waals surface area contributed by atoms with Crippen molar-refractivity contribution in [1.29, 1.82) is 0 Å². The molecule has 0 amide bonds. The molecule has 1 aromatic heterocycles. The van der Waals surface area contributed by atoms with Crippen LogP contribution in [0.3, 0.4) is 0 Å². The van der Waals surface area contributed by atoms with Crippen LogP contribution in [0, 0.1) is 5.82 Å². The van der Waals surface area contributed by atoms with E-state index in [2.05, 4.69) is 4.98 Å². The van der Waals surface area contributed by atoms with Crippen molar-refractivity contribution in [3.05, 3.63) is 47.3 Å². The molecule has 0 aliphatic carbocycles. The second kappa shape index (κ2) is 4.83. The van der Waals surface area contributed by atoms with Gasteiger partial charge in [0.05, 0.1) is 41.6 Å². The van der Waals surface area contributed by atoms with Crippen molar-refractivity contribution in [1.82, 2.24) is 9.55 Å². The van der Waals surface area contributed by atoms with E-state index in [4.69, 9.17) is 22.4 Å². The van der Waals surface area contributed by atoms with Crippen LogP contribution in [0.2, 0.25) is 5.02 Å². The quantitative estimate of drug-likeness (QED) is 0.877. The Morgan fingerprint density at radius 2 is 2.29 bits per heavy atom. The first kappa shape index (κ1) is 12.0. The maximum atomic E-state index is 13.2. The number of hydrogen-bond donors (Lipinski definition) is 2. The van der Waals surface area contributed by atoms with Crippen LogP contribution < -0.4 is 5.73 Å². The molecule has 1 heterocycles. The average molecular weight is 256 g/mol. The van der Waals surface area contributed by atoms with Crippen molar-refractivity contribution in [2.45, 2.75) is 6.04 Å². The van der Waals surface area contributed by atoms with Gasteiger partial charge < -0.3 is 10.8 Å². The summed E-state index contributed by atoms with van der Waals surface area (Å²) in [6.07, 6.45) is 2.99. The van der Waals surface area contributed by atoms with Gasteiger partial charge in [-0.2, -0.15) is 0 Å². The Morgan fingerprint density at radius 3 is 3.00 bits per heavy atom. The van der Waals surface area contributed by atoms with Crippen molar-refractivity contribution >= 4 is 11.6 Å². The fourth-order valence-electron chi connectivity index (χ4n) is 1.54. The highest BCUT2D eigenvalue weighted by Gasteiger charge is 2.14. The van der Waals surface area contributed by atoms with Crippen LogP contribution in [-0.4, -0.2) is 21.3 Å². The van der Waals surface area contributed by atoms with Gasteiger partial charge in [-0.05, 0) is 18.2 Å². The van der Waals surface area contributed by atoms with E-state index in [1.807, 2.05) is 0 Å². The third-order valence-electron chi connectivity index (χ3n) is 2.41. The summed E-state index contributed by atoms with van der Waals surface area (Å²) in [7, 11) is 0. The Bertz CT molecular complexity index is 529. The van der Waals surface area contributed by atoms with Crippen LogP contribution in [0.1, 0.15) is 11.7 Å². The molecule has 4 nitrogen and oxygen atoms in total. The summed E-state index contributed by atoms with van der Waals surface area (Å²) >= 11 is 5.99. The number of aliphatic hydroxyl groups excluding tert-OH is 1. The van der Waals surface area contributed by atoms with Gasteiger partial charge in [0.25, 0.3) is 0 Å². The smallest absolute Gasteiger partial charge is 0.125 e. The molecule has 0 spiro atoms. The Kier molecular flexibility index (Phi) is 3.42. The van der Waals surface area contributed by atoms with Crippen molar-refractivity contribution in [2.24, 2.45) is 5.73 Å². The Morgan fingerprint density at radius 1 is 1.53 bits per heavy atom. The van der Waals surface area contributed by atoms with Gasteiger partial charge in [-0.3, -0.25) is 4.57 Å². The van der Waals surface area contributed by atoms with Crippen LogP contribution in [0.4, 0.5) is 4.39 Å². The third-order valence-corrected chi connectivity index (χ3v) is 2.73. The molecular weight excluding hydrogens is 245 g/mol. The molecule has 1 aromatic carbocycles. The SMILES string of the molecule is NC(CO)c1cncn1-c1cc(F)ccc1Cl. The molecule has 2 aromatic rings. The summed E-state index contributed by atoms with van der Waals surface area (Å²) in [6.45, 7) is -0.224. The number of nitrogens with zero attached hydrogens (tertiary/aromatic N) is 2. The second-order valence-corrected chi connectivity index (χ2v) is 3.98. The number of aromatic nitrogens is 2. The van der Waals surface area contributed by atoms with E-state index in [0.717, 1.165) is 0 Å². The van der Waals surface area contributed by atoms with Crippen LogP contribution in [-0.2, 0) is 0 Å². The number of hydrogen-bond acceptors (Lipinski definition) is 3. The van der Waals surface area contributed by atoms with Gasteiger partial charge >= 0.3 is 0 Å². The van der Waals surface area contributed by atoms with E-state index < -0.39 is 11.9 Å². The van der Waals surface area contributed by atoms with E-state index >= 15 is 0 Å². The van der Waals surface area contributed by atoms with Crippen LogP contribution in [0.25, 0.3) is 5.69 Å². The average Bonchev–Trinajstić information content (AvgIpc) is 2.80. The second-order valence-electron chi connectivity index (χ2n) is 3.57. The molecule has 2 rings (SSSR count). The number of aliphatic hydroxyl groups is 1. The first-order valence-electron chi connectivity index (χ1n) is 4.97. The minimum atomic E-state index is -0.586. The topological polar surface area (TPSA) is 64.1 Å². The first-order chi connectivity index (χ1) is 8.13. The van der Waals surface area contributed by atoms with Gasteiger partial charge in [-0.15, -0.1) is 0 Å². The van der Waals surface area contributed by atoms with Crippen molar-refractivity contribution in [3.63, 3.8) is 0 Å². The molecule has 0 fully saturated rings. The zero-order valence-corrected chi connectivity index (χ0v) is 9.60. The molecule has 0 aliphatic rings. The van der Waals surface area contributed by atoms with Crippen molar-refractivity contribution < 1.29 is 9.50 Å². The molecule has 90 valence electrons. The largest absolute Gasteiger partial charge is 0.394 e. The monoisotopic (exact) mass is 255 g/mol. The zero-order valence-electron chi connectivity index (χ0n) is 8.85. The zero-order chi connectivity index (χ0) is 12.4. The van der Waals surface area contributed by atoms with E-state index in [1.54, 1.807) is 4.57 Å². The highest BCUT2D eigenvalue weighted by Crippen LogP contribution is 2.24. The molecule has 0 saturated carbocycles. The molecule has 0 radical (unpaired) electrons. The number of halogens is 2. The standard InChI is InChI=1S/C11H11ClFN3O/c12-8-2-1-7(13)3-10(8)16-6-15-4-11(16)9(14)5-17/h1-4,6,9,17H,5,14H2. The molecular formula is C11H11ClFN3O. The number of imidazole rings is 1. The number of nitrogens with two attached hydrogens (primary N) is 1. The molecule has 6 heteroatoms. The molecule has 3 N–H and O–H groups in total. The summed E-state index contributed by atoms with van der Waals surface area (Å²) in [6, 6.07) is 3.43. The molecule has 1 atom stereocenters. The van der Waals surface area contributed by atoms with E-state index in [-0.39, 0.29) is 6.61 Å². The number of rotatable bonds is 3. The Balaban J connectivity index is 2.53. The maximum Gasteiger partial charge on any atom is 0.125 e. The molecule has 17 heavy (non-hydrogen) atoms. The summed E-state index contributed by atoms with van der Waals surface area (Å²) < 4.78 is 14.7. The van der Waals surface area contributed by atoms with Crippen molar-refractivity contribution in [3.8, 4) is 5.69 Å². The van der Waals surface area contributed by atoms with Crippen LogP contribution in [0.5, 0.6) is 0 Å². The summed E-state index contributed by atoms with van der Waals surface area (Å²) in [5, 5.41) is 9.41. The van der Waals surface area contributed by atoms with Gasteiger partial charge in [-0.25, -0.2) is 9.37 Å². The molecule has 1 unspecified atom stereocenters. The van der Waals surface area contributed by atoms with Gasteiger partial charge in [-0.1, -0.05) is 11.6 Å². The lowest BCUT2D eigenvalue weighted by atomic mass is 10.2. The predicted octanol–water partition coefficient (Wildman–Crippen LogP) is 1.66. The summed E-state index contributed by atoms with van der Waals surface area (Å²) in [4.78, 5) is 3.93. The maximum absolute atomic E-state index is 13.2. The number of benzene rings is 1. The van der Waals surface area contributed by atoms with Gasteiger partial charge in [0, 0.05) is 0 Å². The highest BCUT2D eigenvalue weighted by molar-refractivity contribution is 6.32. The van der Waals surface area contributed by atoms with Crippen LogP contribution in [0.15, 0.2) is 30.7 Å². The predicted molar refractivity (Wildman–Crippen MR) is 62.5 cm³/mol. The van der Waals surface area contributed by atoms with Gasteiger partial charge in [0.1, 0.15) is 5.82 Å². The van der Waals surface area contributed by atoms with E-state index in [0.29, 0.717) is 16.4 Å². The summed E-state index contributed by atoms with van der Waals surface area (Å²) in [5.74, 6) is -0.401. The Hall–Kier alpha value is -1.43. The lowest BCUT2D eigenvalue weighted by Crippen LogP contribution is -2.18. The third kappa shape index (κ3) is 2.31. The molecule has 0 saturated heterocycles. The minimum Gasteiger partial charge on any atom is -0.394 e. The van der Waals surface area contributed by atoms with Crippen LogP contribution >= 0.6 is 11.6 Å². The normalized spacial score (nSPS) is 12.7. The molecule has 0 aliphatic heterocycles. The van der Waals surface area contributed by atoms with E-state index in [9.17, 15) is 4.39 Å². The molecule has 0 bridgehead atoms. The fourth-order valence-corrected chi connectivity index (χ4v) is 1.75. The van der Waals surface area contributed by atoms with Crippen molar-refractivity contribution in [2.75, 3.05) is 6.61 Å². The highest BCUT2D eigenvalue weighted by atomic mass is 35.5. The lowest BCUT2D eigenvalue weighted by Gasteiger charge is -2.13. The summed E-state index contributed by atoms with van der Waals surface area (Å²) in [5.41, 5.74) is 6.73. The van der Waals surface area contributed by atoms with Gasteiger partial charge in [0.15, 0.2) is 0 Å². The van der Waals surface area contributed by atoms with Gasteiger partial charge in [0.2, 0.25) is 0 Å².